The van der Waals surface area contributed by atoms with Crippen molar-refractivity contribution in [3.8, 4) is 0 Å². The molecule has 0 aliphatic carbocycles. The maximum absolute atomic E-state index is 5.67. The van der Waals surface area contributed by atoms with E-state index in [2.05, 4.69) is 156 Å². The molecule has 0 unspecified atom stereocenters. The van der Waals surface area contributed by atoms with Crippen LogP contribution in [-0.4, -0.2) is 15.7 Å². The van der Waals surface area contributed by atoms with E-state index in [0.717, 1.165) is 12.0 Å². The van der Waals surface area contributed by atoms with Crippen LogP contribution in [0.15, 0.2) is 66.7 Å². The molecule has 0 atom stereocenters. The molecule has 2 heterocycles. The number of nitrogens with zero attached hydrogens (tertiary/aromatic N) is 2. The van der Waals surface area contributed by atoms with Crippen LogP contribution in [0.1, 0.15) is 143 Å². The minimum absolute atomic E-state index is 0.193. The average Bonchev–Trinajstić information content (AvgIpc) is 3.35. The Morgan fingerprint density at radius 1 is 0.673 bits per heavy atom. The zero-order valence-corrected chi connectivity index (χ0v) is 36.1. The monoisotopic (exact) mass is 792 g/mol. The van der Waals surface area contributed by atoms with Crippen molar-refractivity contribution in [1.29, 1.82) is 0 Å². The second kappa shape index (κ2) is 16.8. The van der Waals surface area contributed by atoms with E-state index in [1.54, 1.807) is 0 Å². The second-order valence-electron chi connectivity index (χ2n) is 17.2. The van der Waals surface area contributed by atoms with E-state index in [1.165, 1.54) is 46.5 Å². The SMILES string of the molecule is CCc1cccc(C(C)C)c1N1[CH-]C(C)(C)CC1(C)C.Cc1cccc(C(C)C)c1N1[CH-]C(C)(C)CC1(C)C.[Cl][Ru]([Cl])=[CH]c1ccccc1. The van der Waals surface area contributed by atoms with Gasteiger partial charge in [-0.15, -0.1) is 10.8 Å². The van der Waals surface area contributed by atoms with Crippen molar-refractivity contribution < 1.29 is 13.5 Å². The van der Waals surface area contributed by atoms with E-state index in [4.69, 9.17) is 19.4 Å². The molecule has 0 N–H and O–H groups in total. The number of aryl methyl sites for hydroxylation is 2. The van der Waals surface area contributed by atoms with Crippen LogP contribution in [0.25, 0.3) is 0 Å². The van der Waals surface area contributed by atoms with Gasteiger partial charge in [0.2, 0.25) is 0 Å². The molecule has 0 bridgehead atoms. The van der Waals surface area contributed by atoms with E-state index in [0.29, 0.717) is 11.8 Å². The first kappa shape index (κ1) is 41.8. The third kappa shape index (κ3) is 11.2. The molecule has 2 aliphatic heterocycles. The number of para-hydroxylation sites is 2. The Morgan fingerprint density at radius 3 is 1.53 bits per heavy atom. The summed E-state index contributed by atoms with van der Waals surface area (Å²) in [7, 11) is 11.3. The average molecular weight is 793 g/mol. The third-order valence-corrected chi connectivity index (χ3v) is 11.4. The standard InChI is InChI=1S/C19H30N.C18H28N.C7H6.2ClH.Ru/c1-8-15-10-9-11-16(14(2)3)17(15)20-13-18(4,5)12-19(20,6)7;1-13(2)15-10-8-9-14(3)16(15)19-12-17(4,5)11-18(19,6)7;1-7-5-3-2-4-6-7;;;/h9-11,13-14H,8,12H2,1-7H3;8-10,12-13H,11H2,1-7H3;1-6H;2*1H;/q2*-1;;;;+2/p-2. The molecule has 49 heavy (non-hydrogen) atoms. The first-order valence-electron chi connectivity index (χ1n) is 18.0. The maximum atomic E-state index is 5.67. The van der Waals surface area contributed by atoms with Gasteiger partial charge in [0, 0.05) is 22.5 Å². The Bertz CT molecular complexity index is 1550. The summed E-state index contributed by atoms with van der Waals surface area (Å²) in [6, 6.07) is 23.4. The summed E-state index contributed by atoms with van der Waals surface area (Å²) < 4.78 is 1.92. The molecule has 2 aliphatic rings. The van der Waals surface area contributed by atoms with E-state index in [9.17, 15) is 0 Å². The summed E-state index contributed by atoms with van der Waals surface area (Å²) in [5.74, 6) is 1.12. The Balaban J connectivity index is 0.000000210. The Kier molecular flexibility index (Phi) is 14.3. The Hall–Kier alpha value is -1.67. The quantitative estimate of drug-likeness (QED) is 0.181. The molecule has 0 radical (unpaired) electrons. The molecule has 0 spiro atoms. The fourth-order valence-electron chi connectivity index (χ4n) is 8.02. The van der Waals surface area contributed by atoms with Gasteiger partial charge in [-0.05, 0) is 75.1 Å². The van der Waals surface area contributed by atoms with Gasteiger partial charge >= 0.3 is 73.4 Å². The van der Waals surface area contributed by atoms with Crippen LogP contribution in [-0.2, 0) is 19.9 Å². The van der Waals surface area contributed by atoms with E-state index >= 15 is 0 Å². The summed E-state index contributed by atoms with van der Waals surface area (Å²) in [6.45, 7) is 37.4. The number of rotatable bonds is 6. The molecule has 274 valence electrons. The fraction of sp³-hybridized carbons (Fsp3) is 0.523. The van der Waals surface area contributed by atoms with Gasteiger partial charge in [0.25, 0.3) is 0 Å². The molecule has 3 aromatic carbocycles. The van der Waals surface area contributed by atoms with Crippen LogP contribution in [0, 0.1) is 30.8 Å². The van der Waals surface area contributed by atoms with Crippen LogP contribution in [0.3, 0.4) is 0 Å². The Morgan fingerprint density at radius 2 is 1.12 bits per heavy atom. The molecule has 5 heteroatoms. The zero-order valence-electron chi connectivity index (χ0n) is 32.9. The first-order valence-corrected chi connectivity index (χ1v) is 23.5. The molecule has 0 saturated carbocycles. The third-order valence-electron chi connectivity index (χ3n) is 9.56. The van der Waals surface area contributed by atoms with Crippen molar-refractivity contribution in [2.45, 2.75) is 139 Å². The molecule has 3 aromatic rings. The molecule has 0 aromatic heterocycles. The molecular formula is C44H64Cl2N2Ru-2. The fourth-order valence-corrected chi connectivity index (χ4v) is 9.84. The summed E-state index contributed by atoms with van der Waals surface area (Å²) in [5.41, 5.74) is 10.7. The number of benzene rings is 3. The van der Waals surface area contributed by atoms with Gasteiger partial charge in [0.1, 0.15) is 0 Å². The first-order chi connectivity index (χ1) is 22.6. The van der Waals surface area contributed by atoms with Gasteiger partial charge in [-0.3, -0.25) is 0 Å². The normalized spacial score (nSPS) is 18.9. The number of anilines is 2. The van der Waals surface area contributed by atoms with Crippen LogP contribution in [0.5, 0.6) is 0 Å². The molecule has 2 fully saturated rings. The number of halogens is 2. The van der Waals surface area contributed by atoms with Crippen LogP contribution in [0.4, 0.5) is 11.4 Å². The number of hydrogen-bond donors (Lipinski definition) is 0. The molecule has 2 nitrogen and oxygen atoms in total. The Labute approximate surface area is 314 Å². The van der Waals surface area contributed by atoms with Gasteiger partial charge in [-0.1, -0.05) is 112 Å². The van der Waals surface area contributed by atoms with E-state index < -0.39 is 13.5 Å². The molecular weight excluding hydrogens is 728 g/mol. The topological polar surface area (TPSA) is 6.48 Å². The van der Waals surface area contributed by atoms with E-state index in [-0.39, 0.29) is 21.9 Å². The van der Waals surface area contributed by atoms with Crippen LogP contribution < -0.4 is 9.80 Å². The summed E-state index contributed by atoms with van der Waals surface area (Å²) >= 11 is -1.61. The van der Waals surface area contributed by atoms with Crippen molar-refractivity contribution >= 4 is 35.4 Å². The number of hydrogen-bond acceptors (Lipinski definition) is 2. The van der Waals surface area contributed by atoms with Crippen molar-refractivity contribution in [3.63, 3.8) is 0 Å². The van der Waals surface area contributed by atoms with Crippen molar-refractivity contribution in [3.05, 3.63) is 108 Å². The van der Waals surface area contributed by atoms with Gasteiger partial charge < -0.3 is 9.80 Å². The van der Waals surface area contributed by atoms with E-state index in [1.807, 2.05) is 34.9 Å². The second-order valence-corrected chi connectivity index (χ2v) is 22.9. The summed E-state index contributed by atoms with van der Waals surface area (Å²) in [5, 5.41) is 0. The minimum atomic E-state index is -1.61. The van der Waals surface area contributed by atoms with Crippen molar-refractivity contribution in [2.75, 3.05) is 9.80 Å². The predicted octanol–water partition coefficient (Wildman–Crippen LogP) is 13.6. The van der Waals surface area contributed by atoms with Gasteiger partial charge in [-0.25, -0.2) is 13.1 Å². The van der Waals surface area contributed by atoms with Gasteiger partial charge in [0.15, 0.2) is 0 Å². The van der Waals surface area contributed by atoms with Crippen molar-refractivity contribution in [2.24, 2.45) is 10.8 Å². The molecule has 2 saturated heterocycles. The van der Waals surface area contributed by atoms with Crippen LogP contribution in [0.2, 0.25) is 0 Å². The van der Waals surface area contributed by atoms with Crippen molar-refractivity contribution in [1.82, 2.24) is 0 Å². The van der Waals surface area contributed by atoms with Crippen LogP contribution >= 0.6 is 19.4 Å². The van der Waals surface area contributed by atoms with Gasteiger partial charge in [0.05, 0.1) is 0 Å². The zero-order chi connectivity index (χ0) is 36.9. The summed E-state index contributed by atoms with van der Waals surface area (Å²) in [4.78, 5) is 5.08. The summed E-state index contributed by atoms with van der Waals surface area (Å²) in [6.07, 6.45) is 3.50. The molecule has 0 amide bonds. The predicted molar refractivity (Wildman–Crippen MR) is 217 cm³/mol. The van der Waals surface area contributed by atoms with Gasteiger partial charge in [-0.2, -0.15) is 0 Å². The molecule has 5 rings (SSSR count).